The van der Waals surface area contributed by atoms with Gasteiger partial charge in [-0.05, 0) is 35.7 Å². The van der Waals surface area contributed by atoms with Crippen molar-refractivity contribution in [1.29, 1.82) is 0 Å². The molecule has 0 spiro atoms. The van der Waals surface area contributed by atoms with E-state index in [-0.39, 0.29) is 5.56 Å². The lowest BCUT2D eigenvalue weighted by Crippen LogP contribution is -2.39. The van der Waals surface area contributed by atoms with Gasteiger partial charge in [-0.25, -0.2) is 9.59 Å². The van der Waals surface area contributed by atoms with Gasteiger partial charge in [-0.15, -0.1) is 0 Å². The van der Waals surface area contributed by atoms with Crippen LogP contribution >= 0.6 is 0 Å². The van der Waals surface area contributed by atoms with Gasteiger partial charge >= 0.3 is 11.9 Å². The van der Waals surface area contributed by atoms with E-state index in [9.17, 15) is 19.8 Å². The summed E-state index contributed by atoms with van der Waals surface area (Å²) >= 11 is 0. The van der Waals surface area contributed by atoms with E-state index in [0.717, 1.165) is 12.7 Å². The third-order valence-electron chi connectivity index (χ3n) is 4.43. The van der Waals surface area contributed by atoms with E-state index in [2.05, 4.69) is 4.74 Å². The topological polar surface area (TPSA) is 102 Å². The zero-order valence-corrected chi connectivity index (χ0v) is 16.1. The molecule has 0 unspecified atom stereocenters. The fourth-order valence-electron chi connectivity index (χ4n) is 3.15. The molecule has 1 aliphatic rings. The largest absolute Gasteiger partial charge is 0.467 e. The number of aryl methyl sites for hydroxylation is 1. The van der Waals surface area contributed by atoms with E-state index >= 15 is 0 Å². The molecule has 0 amide bonds. The first-order valence-electron chi connectivity index (χ1n) is 8.74. The van der Waals surface area contributed by atoms with Crippen molar-refractivity contribution >= 4 is 11.9 Å². The second-order valence-electron chi connectivity index (χ2n) is 7.12. The number of esters is 2. The van der Waals surface area contributed by atoms with Gasteiger partial charge in [-0.2, -0.15) is 0 Å². The van der Waals surface area contributed by atoms with Crippen molar-refractivity contribution in [3.05, 3.63) is 53.1 Å². The van der Waals surface area contributed by atoms with Gasteiger partial charge in [0, 0.05) is 19.4 Å². The second-order valence-corrected chi connectivity index (χ2v) is 7.12. The summed E-state index contributed by atoms with van der Waals surface area (Å²) in [6.07, 6.45) is -3.20. The van der Waals surface area contributed by atoms with Gasteiger partial charge in [0.05, 0.1) is 7.11 Å². The third kappa shape index (κ3) is 3.72. The van der Waals surface area contributed by atoms with Crippen molar-refractivity contribution in [1.82, 2.24) is 0 Å². The molecule has 0 radical (unpaired) electrons. The lowest BCUT2D eigenvalue weighted by molar-refractivity contribution is -0.156. The Morgan fingerprint density at radius 1 is 1.14 bits per heavy atom. The molecule has 0 aliphatic carbocycles. The van der Waals surface area contributed by atoms with E-state index in [1.807, 2.05) is 13.0 Å². The molecule has 0 fully saturated rings. The summed E-state index contributed by atoms with van der Waals surface area (Å²) in [5, 5.41) is 20.2. The van der Waals surface area contributed by atoms with Gasteiger partial charge < -0.3 is 24.4 Å². The Balaban J connectivity index is 2.07. The molecule has 0 saturated carbocycles. The smallest absolute Gasteiger partial charge is 0.345 e. The summed E-state index contributed by atoms with van der Waals surface area (Å²) in [4.78, 5) is 24.1. The van der Waals surface area contributed by atoms with Crippen LogP contribution in [0, 0.1) is 6.92 Å². The number of rotatable bonds is 4. The van der Waals surface area contributed by atoms with Crippen LogP contribution in [0.25, 0.3) is 11.1 Å². The van der Waals surface area contributed by atoms with Gasteiger partial charge in [0.1, 0.15) is 17.4 Å². The van der Waals surface area contributed by atoms with Crippen molar-refractivity contribution in [2.75, 3.05) is 7.11 Å². The monoisotopic (exact) mass is 386 g/mol. The van der Waals surface area contributed by atoms with Crippen LogP contribution in [-0.2, 0) is 14.3 Å². The number of carbonyl (C=O) groups excluding carboxylic acids is 2. The summed E-state index contributed by atoms with van der Waals surface area (Å²) < 4.78 is 15.6. The van der Waals surface area contributed by atoms with Gasteiger partial charge in [-0.1, -0.05) is 24.3 Å². The Kier molecular flexibility index (Phi) is 5.14. The number of aliphatic hydroxyl groups is 2. The number of hydrogen-bond donors (Lipinski definition) is 2. The first-order valence-corrected chi connectivity index (χ1v) is 8.74. The number of hydrogen-bond acceptors (Lipinski definition) is 7. The standard InChI is InChI=1S/C21H22O7/c1-11-8-14(16-15(9-11)27-21(2,3)28-19(16)24)12-6-5-7-13(10-12)17(22)18(23)20(25)26-4/h5-10,17-18,22-23H,1-4H3/t17-,18+/m1/s1. The molecular formula is C21H22O7. The van der Waals surface area contributed by atoms with Crippen molar-refractivity contribution in [3.63, 3.8) is 0 Å². The molecule has 2 N–H and O–H groups in total. The minimum Gasteiger partial charge on any atom is -0.467 e. The highest BCUT2D eigenvalue weighted by Crippen LogP contribution is 2.39. The maximum absolute atomic E-state index is 12.6. The highest BCUT2D eigenvalue weighted by molar-refractivity contribution is 6.01. The van der Waals surface area contributed by atoms with Crippen LogP contribution in [0.1, 0.15) is 41.4 Å². The average molecular weight is 386 g/mol. The fraction of sp³-hybridized carbons (Fsp3) is 0.333. The Labute approximate surface area is 162 Å². The van der Waals surface area contributed by atoms with Crippen molar-refractivity contribution < 1.29 is 34.0 Å². The number of methoxy groups -OCH3 is 1. The third-order valence-corrected chi connectivity index (χ3v) is 4.43. The van der Waals surface area contributed by atoms with Gasteiger partial charge in [-0.3, -0.25) is 0 Å². The van der Waals surface area contributed by atoms with Gasteiger partial charge in [0.2, 0.25) is 5.79 Å². The summed E-state index contributed by atoms with van der Waals surface area (Å²) in [6.45, 7) is 5.18. The van der Waals surface area contributed by atoms with Crippen LogP contribution in [0.3, 0.4) is 0 Å². The maximum atomic E-state index is 12.6. The summed E-state index contributed by atoms with van der Waals surface area (Å²) in [6, 6.07) is 10.2. The van der Waals surface area contributed by atoms with E-state index < -0.39 is 29.9 Å². The van der Waals surface area contributed by atoms with Crippen LogP contribution < -0.4 is 4.74 Å². The molecule has 2 atom stereocenters. The molecule has 0 saturated heterocycles. The molecule has 3 rings (SSSR count). The molecule has 2 aromatic carbocycles. The zero-order valence-electron chi connectivity index (χ0n) is 16.1. The predicted molar refractivity (Wildman–Crippen MR) is 99.7 cm³/mol. The molecule has 2 aromatic rings. The van der Waals surface area contributed by atoms with Gasteiger partial charge in [0.15, 0.2) is 6.10 Å². The van der Waals surface area contributed by atoms with Crippen LogP contribution in [0.5, 0.6) is 5.75 Å². The molecule has 1 heterocycles. The Bertz CT molecular complexity index is 932. The number of aliphatic hydroxyl groups excluding tert-OH is 2. The Morgan fingerprint density at radius 2 is 1.86 bits per heavy atom. The van der Waals surface area contributed by atoms with E-state index in [1.165, 1.54) is 0 Å². The van der Waals surface area contributed by atoms with E-state index in [0.29, 0.717) is 22.4 Å². The minimum atomic E-state index is -1.72. The number of fused-ring (bicyclic) bond motifs is 1. The molecule has 0 aromatic heterocycles. The normalized spacial score (nSPS) is 17.0. The highest BCUT2D eigenvalue weighted by Gasteiger charge is 2.36. The molecule has 7 heteroatoms. The van der Waals surface area contributed by atoms with E-state index in [4.69, 9.17) is 9.47 Å². The second kappa shape index (κ2) is 7.26. The molecular weight excluding hydrogens is 364 g/mol. The lowest BCUT2D eigenvalue weighted by atomic mass is 9.93. The fourth-order valence-corrected chi connectivity index (χ4v) is 3.15. The Morgan fingerprint density at radius 3 is 2.54 bits per heavy atom. The molecule has 28 heavy (non-hydrogen) atoms. The quantitative estimate of drug-likeness (QED) is 0.779. The minimum absolute atomic E-state index is 0.282. The SMILES string of the molecule is COC(=O)[C@@H](O)[C@H](O)c1cccc(-c2cc(C)cc3c2C(=O)OC(C)(C)O3)c1. The molecule has 0 bridgehead atoms. The van der Waals surface area contributed by atoms with E-state index in [1.54, 1.807) is 44.2 Å². The van der Waals surface area contributed by atoms with Crippen molar-refractivity contribution in [3.8, 4) is 16.9 Å². The lowest BCUT2D eigenvalue weighted by Gasteiger charge is -2.33. The van der Waals surface area contributed by atoms with Crippen LogP contribution in [0.15, 0.2) is 36.4 Å². The van der Waals surface area contributed by atoms with Crippen molar-refractivity contribution in [2.45, 2.75) is 38.8 Å². The summed E-state index contributed by atoms with van der Waals surface area (Å²) in [5.74, 6) is -2.11. The predicted octanol–water partition coefficient (Wildman–Crippen LogP) is 2.51. The summed E-state index contributed by atoms with van der Waals surface area (Å²) in [7, 11) is 1.13. The van der Waals surface area contributed by atoms with Crippen LogP contribution in [0.4, 0.5) is 0 Å². The molecule has 148 valence electrons. The number of carbonyl (C=O) groups is 2. The maximum Gasteiger partial charge on any atom is 0.345 e. The van der Waals surface area contributed by atoms with Crippen LogP contribution in [-0.4, -0.2) is 41.2 Å². The summed E-state index contributed by atoms with van der Waals surface area (Å²) in [5.41, 5.74) is 2.63. The number of benzene rings is 2. The first-order chi connectivity index (χ1) is 13.1. The molecule has 7 nitrogen and oxygen atoms in total. The molecule has 1 aliphatic heterocycles. The highest BCUT2D eigenvalue weighted by atomic mass is 16.7. The van der Waals surface area contributed by atoms with Crippen molar-refractivity contribution in [2.24, 2.45) is 0 Å². The van der Waals surface area contributed by atoms with Gasteiger partial charge in [0.25, 0.3) is 0 Å². The number of ether oxygens (including phenoxy) is 3. The van der Waals surface area contributed by atoms with Crippen LogP contribution in [0.2, 0.25) is 0 Å². The zero-order chi connectivity index (χ0) is 20.6. The Hall–Kier alpha value is -2.90. The first kappa shape index (κ1) is 19.9. The average Bonchev–Trinajstić information content (AvgIpc) is 2.64. The number of cyclic esters (lactones) is 1.